The van der Waals surface area contributed by atoms with E-state index in [1.165, 1.54) is 0 Å². The second-order valence-electron chi connectivity index (χ2n) is 6.38. The van der Waals surface area contributed by atoms with Gasteiger partial charge in [0.05, 0.1) is 12.7 Å². The number of hydrogen-bond donors (Lipinski definition) is 2. The highest BCUT2D eigenvalue weighted by Crippen LogP contribution is 2.33. The Hall–Kier alpha value is -2.84. The highest BCUT2D eigenvalue weighted by molar-refractivity contribution is 5.89. The highest BCUT2D eigenvalue weighted by Gasteiger charge is 2.40. The molecule has 130 valence electrons. The lowest BCUT2D eigenvalue weighted by Gasteiger charge is -2.23. The van der Waals surface area contributed by atoms with Gasteiger partial charge < -0.3 is 10.2 Å². The van der Waals surface area contributed by atoms with Crippen molar-refractivity contribution >= 4 is 11.8 Å². The minimum Gasteiger partial charge on any atom is -0.347 e. The first-order chi connectivity index (χ1) is 12.2. The molecule has 0 bridgehead atoms. The number of nitrogens with one attached hydrogen (secondary N) is 2. The summed E-state index contributed by atoms with van der Waals surface area (Å²) in [6.45, 7) is 0.903. The first kappa shape index (κ1) is 15.7. The molecule has 25 heavy (non-hydrogen) atoms. The molecule has 1 aliphatic heterocycles. The average molecular weight is 341 g/mol. The van der Waals surface area contributed by atoms with Gasteiger partial charge in [0.15, 0.2) is 0 Å². The number of H-pyrrole nitrogens is 1. The van der Waals surface area contributed by atoms with E-state index in [0.717, 1.165) is 19.3 Å². The Morgan fingerprint density at radius 1 is 1.28 bits per heavy atom. The maximum absolute atomic E-state index is 12.5. The normalized spacial score (nSPS) is 19.8. The molecule has 2 aromatic rings. The topological polar surface area (TPSA) is 117 Å². The Morgan fingerprint density at radius 2 is 2.16 bits per heavy atom. The summed E-state index contributed by atoms with van der Waals surface area (Å²) in [6.07, 6.45) is 8.21. The summed E-state index contributed by atoms with van der Waals surface area (Å²) in [7, 11) is 0. The summed E-state index contributed by atoms with van der Waals surface area (Å²) in [5.41, 5.74) is 0.563. The van der Waals surface area contributed by atoms with Crippen molar-refractivity contribution in [3.05, 3.63) is 24.4 Å². The quantitative estimate of drug-likeness (QED) is 0.807. The zero-order chi connectivity index (χ0) is 17.2. The van der Waals surface area contributed by atoms with Crippen molar-refractivity contribution in [2.75, 3.05) is 6.54 Å². The van der Waals surface area contributed by atoms with Crippen LogP contribution < -0.4 is 5.32 Å². The Labute approximate surface area is 144 Å². The number of likely N-dealkylation sites (tertiary alicyclic amines) is 1. The molecule has 2 aliphatic rings. The van der Waals surface area contributed by atoms with E-state index in [4.69, 9.17) is 0 Å². The van der Waals surface area contributed by atoms with Gasteiger partial charge >= 0.3 is 0 Å². The number of aromatic amines is 1. The second-order valence-corrected chi connectivity index (χ2v) is 6.38. The van der Waals surface area contributed by atoms with E-state index >= 15 is 0 Å². The molecule has 9 heteroatoms. The van der Waals surface area contributed by atoms with Crippen LogP contribution in [0, 0.1) is 5.92 Å². The Balaban J connectivity index is 1.35. The average Bonchev–Trinajstić information content (AvgIpc) is 3.19. The van der Waals surface area contributed by atoms with E-state index in [-0.39, 0.29) is 30.3 Å². The largest absolute Gasteiger partial charge is 0.347 e. The Kier molecular flexibility index (Phi) is 4.12. The van der Waals surface area contributed by atoms with Crippen molar-refractivity contribution < 1.29 is 9.59 Å². The van der Waals surface area contributed by atoms with Crippen molar-refractivity contribution in [1.29, 1.82) is 0 Å². The van der Waals surface area contributed by atoms with Gasteiger partial charge in [-0.3, -0.25) is 19.7 Å². The summed E-state index contributed by atoms with van der Waals surface area (Å²) in [5, 5.41) is 9.72. The van der Waals surface area contributed by atoms with Crippen LogP contribution in [0.3, 0.4) is 0 Å². The minimum atomic E-state index is -0.365. The molecular weight excluding hydrogens is 322 g/mol. The van der Waals surface area contributed by atoms with Gasteiger partial charge in [-0.15, -0.1) is 0 Å². The third-order valence-corrected chi connectivity index (χ3v) is 4.52. The fourth-order valence-electron chi connectivity index (χ4n) is 3.06. The van der Waals surface area contributed by atoms with E-state index in [1.54, 1.807) is 23.5 Å². The molecule has 0 aromatic carbocycles. The lowest BCUT2D eigenvalue weighted by atomic mass is 10.2. The molecule has 2 aromatic heterocycles. The van der Waals surface area contributed by atoms with Gasteiger partial charge in [-0.1, -0.05) is 0 Å². The highest BCUT2D eigenvalue weighted by atomic mass is 16.2. The van der Waals surface area contributed by atoms with Gasteiger partial charge in [0.1, 0.15) is 17.6 Å². The summed E-state index contributed by atoms with van der Waals surface area (Å²) in [6, 6.07) is -0.365. The zero-order valence-electron chi connectivity index (χ0n) is 13.7. The van der Waals surface area contributed by atoms with Crippen LogP contribution in [0.5, 0.6) is 0 Å². The minimum absolute atomic E-state index is 0.127. The van der Waals surface area contributed by atoms with E-state index in [2.05, 4.69) is 30.5 Å². The SMILES string of the molecule is O=C(NCc1nc(-c2cnccn2)n[nH]1)[C@@H]1CCCN1C(=O)C1CC1. The maximum atomic E-state index is 12.5. The Bertz CT molecular complexity index is 772. The zero-order valence-corrected chi connectivity index (χ0v) is 13.7. The molecule has 0 spiro atoms. The maximum Gasteiger partial charge on any atom is 0.243 e. The number of carbonyl (C=O) groups excluding carboxylic acids is 2. The molecule has 1 aliphatic carbocycles. The summed E-state index contributed by atoms with van der Waals surface area (Å²) in [4.78, 5) is 38.9. The Morgan fingerprint density at radius 3 is 2.92 bits per heavy atom. The number of aromatic nitrogens is 5. The van der Waals surface area contributed by atoms with Gasteiger partial charge in [-0.25, -0.2) is 9.97 Å². The van der Waals surface area contributed by atoms with Crippen LogP contribution in [0.1, 0.15) is 31.5 Å². The summed E-state index contributed by atoms with van der Waals surface area (Å²) >= 11 is 0. The molecule has 1 atom stereocenters. The van der Waals surface area contributed by atoms with Crippen molar-refractivity contribution in [3.63, 3.8) is 0 Å². The lowest BCUT2D eigenvalue weighted by Crippen LogP contribution is -2.46. The van der Waals surface area contributed by atoms with Crippen LogP contribution in [0.25, 0.3) is 11.5 Å². The van der Waals surface area contributed by atoms with Gasteiger partial charge in [0, 0.05) is 24.9 Å². The molecule has 1 saturated heterocycles. The first-order valence-corrected chi connectivity index (χ1v) is 8.48. The molecule has 9 nitrogen and oxygen atoms in total. The van der Waals surface area contributed by atoms with Crippen LogP contribution in [0.2, 0.25) is 0 Å². The molecule has 0 radical (unpaired) electrons. The number of amides is 2. The molecule has 2 N–H and O–H groups in total. The van der Waals surface area contributed by atoms with E-state index in [9.17, 15) is 9.59 Å². The van der Waals surface area contributed by atoms with Crippen LogP contribution in [0.15, 0.2) is 18.6 Å². The third kappa shape index (κ3) is 3.35. The summed E-state index contributed by atoms with van der Waals surface area (Å²) < 4.78 is 0. The molecule has 2 amide bonds. The van der Waals surface area contributed by atoms with Gasteiger partial charge in [0.2, 0.25) is 17.6 Å². The van der Waals surface area contributed by atoms with Crippen molar-refractivity contribution in [3.8, 4) is 11.5 Å². The smallest absolute Gasteiger partial charge is 0.243 e. The molecule has 0 unspecified atom stereocenters. The monoisotopic (exact) mass is 341 g/mol. The number of rotatable bonds is 5. The predicted molar refractivity (Wildman–Crippen MR) is 86.7 cm³/mol. The fraction of sp³-hybridized carbons (Fsp3) is 0.500. The molecule has 3 heterocycles. The fourth-order valence-corrected chi connectivity index (χ4v) is 3.06. The first-order valence-electron chi connectivity index (χ1n) is 8.48. The number of hydrogen-bond acceptors (Lipinski definition) is 6. The summed E-state index contributed by atoms with van der Waals surface area (Å²) in [5.74, 6) is 1.10. The van der Waals surface area contributed by atoms with Crippen LogP contribution in [0.4, 0.5) is 0 Å². The van der Waals surface area contributed by atoms with Crippen molar-refractivity contribution in [2.45, 2.75) is 38.3 Å². The van der Waals surface area contributed by atoms with Crippen molar-refractivity contribution in [1.82, 2.24) is 35.4 Å². The van der Waals surface area contributed by atoms with Gasteiger partial charge in [-0.2, -0.15) is 5.10 Å². The third-order valence-electron chi connectivity index (χ3n) is 4.52. The standard InChI is InChI=1S/C16H19N7O2/c24-15(12-2-1-7-23(12)16(25)10-3-4-10)19-9-13-20-14(22-21-13)11-8-17-5-6-18-11/h5-6,8,10,12H,1-4,7,9H2,(H,19,24)(H,20,21,22)/t12-/m0/s1. The second kappa shape index (κ2) is 6.58. The number of nitrogens with zero attached hydrogens (tertiary/aromatic N) is 5. The molecule has 2 fully saturated rings. The van der Waals surface area contributed by atoms with E-state index in [0.29, 0.717) is 30.3 Å². The van der Waals surface area contributed by atoms with E-state index < -0.39 is 0 Å². The molecular formula is C16H19N7O2. The van der Waals surface area contributed by atoms with Crippen LogP contribution >= 0.6 is 0 Å². The van der Waals surface area contributed by atoms with Gasteiger partial charge in [0.25, 0.3) is 0 Å². The van der Waals surface area contributed by atoms with E-state index in [1.807, 2.05) is 0 Å². The van der Waals surface area contributed by atoms with Crippen LogP contribution in [-0.4, -0.2) is 54.5 Å². The number of carbonyl (C=O) groups is 2. The molecule has 4 rings (SSSR count). The predicted octanol–water partition coefficient (Wildman–Crippen LogP) is 0.279. The van der Waals surface area contributed by atoms with Crippen LogP contribution in [-0.2, 0) is 16.1 Å². The van der Waals surface area contributed by atoms with Gasteiger partial charge in [-0.05, 0) is 25.7 Å². The van der Waals surface area contributed by atoms with Crippen molar-refractivity contribution in [2.24, 2.45) is 5.92 Å². The lowest BCUT2D eigenvalue weighted by molar-refractivity contribution is -0.139. The molecule has 1 saturated carbocycles.